The summed E-state index contributed by atoms with van der Waals surface area (Å²) in [5.41, 5.74) is 1.31. The predicted molar refractivity (Wildman–Crippen MR) is 92.9 cm³/mol. The van der Waals surface area contributed by atoms with Gasteiger partial charge in [0.1, 0.15) is 0 Å². The van der Waals surface area contributed by atoms with Crippen molar-refractivity contribution in [3.05, 3.63) is 39.7 Å². The van der Waals surface area contributed by atoms with Crippen LogP contribution >= 0.6 is 22.9 Å². The predicted octanol–water partition coefficient (Wildman–Crippen LogP) is 3.88. The van der Waals surface area contributed by atoms with E-state index in [-0.39, 0.29) is 22.6 Å². The zero-order valence-electron chi connectivity index (χ0n) is 12.7. The first kappa shape index (κ1) is 16.5. The van der Waals surface area contributed by atoms with Crippen LogP contribution in [0.2, 0.25) is 5.02 Å². The van der Waals surface area contributed by atoms with Crippen LogP contribution in [0, 0.1) is 0 Å². The molecule has 23 heavy (non-hydrogen) atoms. The van der Waals surface area contributed by atoms with E-state index in [1.54, 1.807) is 18.2 Å². The third kappa shape index (κ3) is 3.03. The molecule has 1 atom stereocenters. The number of hydrogen-bond donors (Lipinski definition) is 1. The second-order valence-corrected chi connectivity index (χ2v) is 9.09. The van der Waals surface area contributed by atoms with Crippen LogP contribution < -0.4 is 5.32 Å². The number of carbonyl (C=O) groups is 1. The summed E-state index contributed by atoms with van der Waals surface area (Å²) in [5, 5.41) is 3.30. The van der Waals surface area contributed by atoms with Gasteiger partial charge in [0.25, 0.3) is 5.91 Å². The minimum atomic E-state index is -3.43. The quantitative estimate of drug-likeness (QED) is 0.892. The van der Waals surface area contributed by atoms with Gasteiger partial charge < -0.3 is 5.32 Å². The monoisotopic (exact) mass is 369 g/mol. The van der Waals surface area contributed by atoms with Crippen molar-refractivity contribution >= 4 is 38.7 Å². The number of amides is 1. The van der Waals surface area contributed by atoms with Crippen LogP contribution in [0.15, 0.2) is 29.2 Å². The molecule has 1 aromatic carbocycles. The van der Waals surface area contributed by atoms with Crippen LogP contribution in [0.1, 0.15) is 35.5 Å². The summed E-state index contributed by atoms with van der Waals surface area (Å²) in [6.45, 7) is 3.93. The van der Waals surface area contributed by atoms with Gasteiger partial charge in [-0.25, -0.2) is 8.42 Å². The standard InChI is InChI=1S/C16H16ClNO3S2/c1-3-9(2)18-16(19)13-6-10-8-23(20,21)14-7-11(17)4-5-12(14)15(10)22-13/h4-7,9H,3,8H2,1-2H3,(H,18,19)/t9-/m1/s1. The van der Waals surface area contributed by atoms with Crippen molar-refractivity contribution in [1.82, 2.24) is 5.32 Å². The Labute approximate surface area is 144 Å². The number of sulfone groups is 1. The average molecular weight is 370 g/mol. The number of rotatable bonds is 3. The summed E-state index contributed by atoms with van der Waals surface area (Å²) in [6, 6.07) is 6.63. The van der Waals surface area contributed by atoms with Gasteiger partial charge in [0, 0.05) is 21.5 Å². The molecule has 122 valence electrons. The van der Waals surface area contributed by atoms with Gasteiger partial charge in [-0.15, -0.1) is 11.3 Å². The van der Waals surface area contributed by atoms with E-state index in [4.69, 9.17) is 11.6 Å². The third-order valence-corrected chi connectivity index (χ3v) is 7.03. The average Bonchev–Trinajstić information content (AvgIpc) is 2.90. The molecule has 0 radical (unpaired) electrons. The lowest BCUT2D eigenvalue weighted by molar-refractivity contribution is 0.0943. The summed E-state index contributed by atoms with van der Waals surface area (Å²) in [6.07, 6.45) is 0.840. The number of fused-ring (bicyclic) bond motifs is 3. The van der Waals surface area contributed by atoms with Crippen molar-refractivity contribution in [2.75, 3.05) is 0 Å². The third-order valence-electron chi connectivity index (χ3n) is 3.89. The molecule has 4 nitrogen and oxygen atoms in total. The first-order valence-electron chi connectivity index (χ1n) is 7.28. The highest BCUT2D eigenvalue weighted by Crippen LogP contribution is 2.43. The van der Waals surface area contributed by atoms with Crippen molar-refractivity contribution in [1.29, 1.82) is 0 Å². The molecule has 1 aliphatic heterocycles. The molecule has 1 amide bonds. The largest absolute Gasteiger partial charge is 0.349 e. The fourth-order valence-corrected chi connectivity index (χ4v) is 5.62. The van der Waals surface area contributed by atoms with Gasteiger partial charge in [0.15, 0.2) is 9.84 Å². The second kappa shape index (κ2) is 5.92. The smallest absolute Gasteiger partial charge is 0.261 e. The van der Waals surface area contributed by atoms with Gasteiger partial charge in [0.2, 0.25) is 0 Å². The lowest BCUT2D eigenvalue weighted by atomic mass is 10.1. The van der Waals surface area contributed by atoms with E-state index >= 15 is 0 Å². The highest BCUT2D eigenvalue weighted by molar-refractivity contribution is 7.91. The Hall–Kier alpha value is -1.37. The molecule has 0 bridgehead atoms. The molecule has 0 saturated carbocycles. The Kier molecular flexibility index (Phi) is 4.25. The van der Waals surface area contributed by atoms with E-state index in [9.17, 15) is 13.2 Å². The van der Waals surface area contributed by atoms with Gasteiger partial charge >= 0.3 is 0 Å². The molecule has 0 unspecified atom stereocenters. The van der Waals surface area contributed by atoms with Gasteiger partial charge in [-0.1, -0.05) is 24.6 Å². The molecule has 0 saturated heterocycles. The van der Waals surface area contributed by atoms with Crippen LogP contribution in [-0.2, 0) is 15.6 Å². The fraction of sp³-hybridized carbons (Fsp3) is 0.312. The Bertz CT molecular complexity index is 887. The van der Waals surface area contributed by atoms with E-state index in [0.717, 1.165) is 11.3 Å². The number of carbonyl (C=O) groups excluding carboxylic acids is 1. The molecule has 0 spiro atoms. The maximum atomic E-state index is 12.4. The number of benzene rings is 1. The van der Waals surface area contributed by atoms with Crippen LogP contribution in [0.4, 0.5) is 0 Å². The normalized spacial score (nSPS) is 16.3. The molecule has 2 aromatic rings. The van der Waals surface area contributed by atoms with Gasteiger partial charge in [-0.3, -0.25) is 4.79 Å². The summed E-state index contributed by atoms with van der Waals surface area (Å²) >= 11 is 7.26. The molecule has 2 heterocycles. The molecule has 0 aliphatic carbocycles. The van der Waals surface area contributed by atoms with Crippen molar-refractivity contribution in [3.8, 4) is 10.4 Å². The highest BCUT2D eigenvalue weighted by Gasteiger charge is 2.31. The minimum Gasteiger partial charge on any atom is -0.349 e. The van der Waals surface area contributed by atoms with Crippen molar-refractivity contribution in [2.45, 2.75) is 37.0 Å². The summed E-state index contributed by atoms with van der Waals surface area (Å²) in [5.74, 6) is -0.255. The Morgan fingerprint density at radius 3 is 2.83 bits per heavy atom. The van der Waals surface area contributed by atoms with Gasteiger partial charge in [0.05, 0.1) is 15.5 Å². The molecular formula is C16H16ClNO3S2. The van der Waals surface area contributed by atoms with E-state index in [1.165, 1.54) is 17.4 Å². The van der Waals surface area contributed by atoms with Crippen molar-refractivity contribution in [2.24, 2.45) is 0 Å². The summed E-state index contributed by atoms with van der Waals surface area (Å²) in [7, 11) is -3.43. The van der Waals surface area contributed by atoms with Crippen LogP contribution in [0.3, 0.4) is 0 Å². The van der Waals surface area contributed by atoms with Crippen LogP contribution in [0.5, 0.6) is 0 Å². The van der Waals surface area contributed by atoms with Crippen LogP contribution in [-0.4, -0.2) is 20.4 Å². The number of hydrogen-bond acceptors (Lipinski definition) is 4. The lowest BCUT2D eigenvalue weighted by Gasteiger charge is -2.16. The van der Waals surface area contributed by atoms with Crippen LogP contribution in [0.25, 0.3) is 10.4 Å². The van der Waals surface area contributed by atoms with Gasteiger partial charge in [-0.2, -0.15) is 0 Å². The maximum absolute atomic E-state index is 12.4. The molecule has 1 aliphatic rings. The summed E-state index contributed by atoms with van der Waals surface area (Å²) in [4.78, 5) is 13.9. The SMILES string of the molecule is CC[C@@H](C)NC(=O)c1cc2c(s1)-c1ccc(Cl)cc1S(=O)(=O)C2. The summed E-state index contributed by atoms with van der Waals surface area (Å²) < 4.78 is 24.9. The molecule has 0 fully saturated rings. The first-order valence-corrected chi connectivity index (χ1v) is 10.1. The fourth-order valence-electron chi connectivity index (χ4n) is 2.50. The zero-order valence-corrected chi connectivity index (χ0v) is 15.1. The van der Waals surface area contributed by atoms with Gasteiger partial charge in [-0.05, 0) is 37.1 Å². The Balaban J connectivity index is 2.07. The van der Waals surface area contributed by atoms with Crippen molar-refractivity contribution < 1.29 is 13.2 Å². The minimum absolute atomic E-state index is 0.0800. The van der Waals surface area contributed by atoms with E-state index in [1.807, 2.05) is 13.8 Å². The second-order valence-electron chi connectivity index (χ2n) is 5.65. The molecular weight excluding hydrogens is 354 g/mol. The van der Waals surface area contributed by atoms with E-state index in [0.29, 0.717) is 21.0 Å². The number of halogens is 1. The first-order chi connectivity index (χ1) is 10.8. The molecule has 3 rings (SSSR count). The molecule has 7 heteroatoms. The Morgan fingerprint density at radius 2 is 2.13 bits per heavy atom. The Morgan fingerprint density at radius 1 is 1.39 bits per heavy atom. The van der Waals surface area contributed by atoms with E-state index in [2.05, 4.69) is 5.32 Å². The zero-order chi connectivity index (χ0) is 16.8. The number of nitrogens with one attached hydrogen (secondary N) is 1. The molecule has 1 N–H and O–H groups in total. The topological polar surface area (TPSA) is 63.2 Å². The lowest BCUT2D eigenvalue weighted by Crippen LogP contribution is -2.31. The van der Waals surface area contributed by atoms with E-state index < -0.39 is 9.84 Å². The number of thiophene rings is 1. The van der Waals surface area contributed by atoms with Crippen molar-refractivity contribution in [3.63, 3.8) is 0 Å². The molecule has 1 aromatic heterocycles. The maximum Gasteiger partial charge on any atom is 0.261 e. The highest BCUT2D eigenvalue weighted by atomic mass is 35.5.